The molecule has 0 aliphatic heterocycles. The molecule has 0 saturated heterocycles. The number of rotatable bonds is 6. The summed E-state index contributed by atoms with van der Waals surface area (Å²) in [6.07, 6.45) is -0.0825. The number of thioether (sulfide) groups is 1. The smallest absolute Gasteiger partial charge is 0.313 e. The van der Waals surface area contributed by atoms with Crippen molar-refractivity contribution in [3.63, 3.8) is 0 Å². The van der Waals surface area contributed by atoms with Crippen molar-refractivity contribution in [1.82, 2.24) is 0 Å². The van der Waals surface area contributed by atoms with E-state index >= 15 is 0 Å². The van der Waals surface area contributed by atoms with Gasteiger partial charge >= 0.3 is 5.97 Å². The Labute approximate surface area is 76.9 Å². The van der Waals surface area contributed by atoms with Crippen LogP contribution >= 0.6 is 11.8 Å². The Hall–Kier alpha value is -0.510. The molecular weight excluding hydrogens is 176 g/mol. The van der Waals surface area contributed by atoms with Gasteiger partial charge in [0, 0.05) is 0 Å². The number of hydrogen-bond donors (Lipinski definition) is 0. The van der Waals surface area contributed by atoms with E-state index in [0.29, 0.717) is 12.4 Å². The second-order valence-corrected chi connectivity index (χ2v) is 3.43. The predicted octanol–water partition coefficient (Wildman–Crippen LogP) is 1.26. The van der Waals surface area contributed by atoms with Gasteiger partial charge in [-0.05, 0) is 12.7 Å². The number of ketones is 1. The summed E-state index contributed by atoms with van der Waals surface area (Å²) in [5, 5.41) is 0. The van der Waals surface area contributed by atoms with Crippen molar-refractivity contribution in [2.45, 2.75) is 20.3 Å². The van der Waals surface area contributed by atoms with Gasteiger partial charge in [-0.25, -0.2) is 0 Å². The summed E-state index contributed by atoms with van der Waals surface area (Å²) in [5.41, 5.74) is 0. The molecule has 0 saturated carbocycles. The van der Waals surface area contributed by atoms with Crippen LogP contribution in [0.4, 0.5) is 0 Å². The van der Waals surface area contributed by atoms with Gasteiger partial charge in [-0.15, -0.1) is 0 Å². The highest BCUT2D eigenvalue weighted by Gasteiger charge is 2.08. The van der Waals surface area contributed by atoms with Crippen molar-refractivity contribution >= 4 is 23.5 Å². The lowest BCUT2D eigenvalue weighted by Crippen LogP contribution is -2.12. The fraction of sp³-hybridized carbons (Fsp3) is 0.750. The first-order valence-corrected chi connectivity index (χ1v) is 5.11. The van der Waals surface area contributed by atoms with Gasteiger partial charge in [0.25, 0.3) is 0 Å². The highest BCUT2D eigenvalue weighted by molar-refractivity contribution is 7.99. The second-order valence-electron chi connectivity index (χ2n) is 2.16. The monoisotopic (exact) mass is 190 g/mol. The van der Waals surface area contributed by atoms with E-state index in [1.165, 1.54) is 11.8 Å². The van der Waals surface area contributed by atoms with Gasteiger partial charge in [-0.3, -0.25) is 9.59 Å². The highest BCUT2D eigenvalue weighted by atomic mass is 32.2. The molecular formula is C8H14O3S. The van der Waals surface area contributed by atoms with Crippen molar-refractivity contribution in [3.8, 4) is 0 Å². The maximum atomic E-state index is 11.0. The first-order valence-electron chi connectivity index (χ1n) is 3.95. The van der Waals surface area contributed by atoms with E-state index in [2.05, 4.69) is 4.74 Å². The fourth-order valence-electron chi connectivity index (χ4n) is 0.640. The average molecular weight is 190 g/mol. The van der Waals surface area contributed by atoms with E-state index in [1.54, 1.807) is 6.92 Å². The fourth-order valence-corrected chi connectivity index (χ4v) is 1.17. The minimum atomic E-state index is -0.417. The Morgan fingerprint density at radius 1 is 1.33 bits per heavy atom. The summed E-state index contributed by atoms with van der Waals surface area (Å²) in [4.78, 5) is 21.7. The molecule has 0 rings (SSSR count). The molecule has 70 valence electrons. The molecule has 0 fully saturated rings. The summed E-state index contributed by atoms with van der Waals surface area (Å²) in [7, 11) is 0. The summed E-state index contributed by atoms with van der Waals surface area (Å²) >= 11 is 1.52. The normalized spacial score (nSPS) is 9.50. The molecule has 0 spiro atoms. The number of carbonyl (C=O) groups is 2. The second kappa shape index (κ2) is 7.16. The van der Waals surface area contributed by atoms with Crippen LogP contribution in [0.15, 0.2) is 0 Å². The van der Waals surface area contributed by atoms with Crippen LogP contribution in [0.3, 0.4) is 0 Å². The lowest BCUT2D eigenvalue weighted by atomic mass is 10.3. The third kappa shape index (κ3) is 6.22. The first kappa shape index (κ1) is 11.5. The van der Waals surface area contributed by atoms with E-state index in [-0.39, 0.29) is 12.2 Å². The van der Waals surface area contributed by atoms with Crippen LogP contribution < -0.4 is 0 Å². The molecule has 12 heavy (non-hydrogen) atoms. The standard InChI is InChI=1S/C8H14O3S/c1-3-11-8(10)5-7(9)6-12-4-2/h3-6H2,1-2H3. The lowest BCUT2D eigenvalue weighted by Gasteiger charge is -1.99. The number of Topliss-reactive ketones (excluding diaryl/α,β-unsaturated/α-hetero) is 1. The van der Waals surface area contributed by atoms with Gasteiger partial charge in [0.1, 0.15) is 6.42 Å². The molecule has 0 aliphatic rings. The Morgan fingerprint density at radius 2 is 2.00 bits per heavy atom. The maximum Gasteiger partial charge on any atom is 0.313 e. The SMILES string of the molecule is CCOC(=O)CC(=O)CSCC. The molecule has 0 aromatic heterocycles. The van der Waals surface area contributed by atoms with Crippen LogP contribution in [0.25, 0.3) is 0 Å². The zero-order valence-electron chi connectivity index (χ0n) is 7.46. The predicted molar refractivity (Wildman–Crippen MR) is 49.3 cm³/mol. The Balaban J connectivity index is 3.47. The summed E-state index contributed by atoms with van der Waals surface area (Å²) < 4.78 is 4.62. The molecule has 0 atom stereocenters. The van der Waals surface area contributed by atoms with Gasteiger partial charge in [0.05, 0.1) is 12.4 Å². The van der Waals surface area contributed by atoms with Gasteiger partial charge in [0.2, 0.25) is 0 Å². The van der Waals surface area contributed by atoms with Crippen molar-refractivity contribution in [2.24, 2.45) is 0 Å². The molecule has 0 aromatic rings. The van der Waals surface area contributed by atoms with Crippen molar-refractivity contribution in [3.05, 3.63) is 0 Å². The third-order valence-electron chi connectivity index (χ3n) is 1.11. The number of carbonyl (C=O) groups excluding carboxylic acids is 2. The zero-order valence-corrected chi connectivity index (χ0v) is 8.28. The van der Waals surface area contributed by atoms with E-state index < -0.39 is 5.97 Å². The Morgan fingerprint density at radius 3 is 2.50 bits per heavy atom. The minimum Gasteiger partial charge on any atom is -0.466 e. The van der Waals surface area contributed by atoms with Crippen LogP contribution in [0.2, 0.25) is 0 Å². The van der Waals surface area contributed by atoms with E-state index in [0.717, 1.165) is 5.75 Å². The Kier molecular flexibility index (Phi) is 6.85. The number of esters is 1. The summed E-state index contributed by atoms with van der Waals surface area (Å²) in [5.74, 6) is 0.837. The quantitative estimate of drug-likeness (QED) is 0.467. The molecule has 0 bridgehead atoms. The number of ether oxygens (including phenoxy) is 1. The molecule has 0 aliphatic carbocycles. The largest absolute Gasteiger partial charge is 0.466 e. The molecule has 4 heteroatoms. The molecule has 0 aromatic carbocycles. The Bertz CT molecular complexity index is 156. The van der Waals surface area contributed by atoms with Crippen molar-refractivity contribution in [1.29, 1.82) is 0 Å². The van der Waals surface area contributed by atoms with E-state index in [9.17, 15) is 9.59 Å². The number of hydrogen-bond acceptors (Lipinski definition) is 4. The van der Waals surface area contributed by atoms with Gasteiger partial charge < -0.3 is 4.74 Å². The molecule has 0 heterocycles. The van der Waals surface area contributed by atoms with Crippen molar-refractivity contribution in [2.75, 3.05) is 18.1 Å². The first-order chi connectivity index (χ1) is 5.70. The van der Waals surface area contributed by atoms with E-state index in [1.807, 2.05) is 6.92 Å². The summed E-state index contributed by atoms with van der Waals surface area (Å²) in [6.45, 7) is 4.04. The van der Waals surface area contributed by atoms with Gasteiger partial charge in [-0.2, -0.15) is 11.8 Å². The van der Waals surface area contributed by atoms with Gasteiger partial charge in [0.15, 0.2) is 5.78 Å². The third-order valence-corrected chi connectivity index (χ3v) is 2.05. The molecule has 0 N–H and O–H groups in total. The maximum absolute atomic E-state index is 11.0. The minimum absolute atomic E-state index is 0.0553. The summed E-state index contributed by atoms with van der Waals surface area (Å²) in [6, 6.07) is 0. The molecule has 0 unspecified atom stereocenters. The average Bonchev–Trinajstić information content (AvgIpc) is 2.01. The van der Waals surface area contributed by atoms with Crippen LogP contribution in [0.1, 0.15) is 20.3 Å². The van der Waals surface area contributed by atoms with Crippen LogP contribution in [-0.4, -0.2) is 29.9 Å². The molecule has 0 radical (unpaired) electrons. The van der Waals surface area contributed by atoms with Gasteiger partial charge in [-0.1, -0.05) is 6.92 Å². The molecule has 0 amide bonds. The van der Waals surface area contributed by atoms with Crippen LogP contribution in [0, 0.1) is 0 Å². The lowest BCUT2D eigenvalue weighted by molar-refractivity contribution is -0.145. The van der Waals surface area contributed by atoms with Crippen LogP contribution in [0.5, 0.6) is 0 Å². The molecule has 3 nitrogen and oxygen atoms in total. The van der Waals surface area contributed by atoms with E-state index in [4.69, 9.17) is 0 Å². The van der Waals surface area contributed by atoms with Crippen LogP contribution in [-0.2, 0) is 14.3 Å². The highest BCUT2D eigenvalue weighted by Crippen LogP contribution is 2.00. The topological polar surface area (TPSA) is 43.4 Å². The zero-order chi connectivity index (χ0) is 9.40. The van der Waals surface area contributed by atoms with Crippen molar-refractivity contribution < 1.29 is 14.3 Å².